The lowest BCUT2D eigenvalue weighted by Crippen LogP contribution is -3.00. The summed E-state index contributed by atoms with van der Waals surface area (Å²) in [5.74, 6) is 0. The van der Waals surface area contributed by atoms with Crippen molar-refractivity contribution in [2.45, 2.75) is 12.8 Å². The molecule has 0 saturated carbocycles. The number of anilines is 1. The third-order valence-electron chi connectivity index (χ3n) is 4.54. The zero-order chi connectivity index (χ0) is 12.4. The van der Waals surface area contributed by atoms with Gasteiger partial charge in [-0.25, -0.2) is 0 Å². The van der Waals surface area contributed by atoms with Crippen LogP contribution in [0.1, 0.15) is 18.4 Å². The van der Waals surface area contributed by atoms with Crippen LogP contribution in [0.2, 0.25) is 0 Å². The highest BCUT2D eigenvalue weighted by Crippen LogP contribution is 2.25. The van der Waals surface area contributed by atoms with Gasteiger partial charge in [0.15, 0.2) is 0 Å². The number of nitriles is 1. The quantitative estimate of drug-likeness (QED) is 0.620. The van der Waals surface area contributed by atoms with E-state index in [4.69, 9.17) is 5.26 Å². The summed E-state index contributed by atoms with van der Waals surface area (Å²) in [6.45, 7) is 7.58. The van der Waals surface area contributed by atoms with Crippen LogP contribution in [0, 0.1) is 11.3 Å². The molecule has 2 fully saturated rings. The van der Waals surface area contributed by atoms with Crippen molar-refractivity contribution < 1.29 is 21.5 Å². The summed E-state index contributed by atoms with van der Waals surface area (Å²) in [6, 6.07) is 10.2. The first-order valence-corrected chi connectivity index (χ1v) is 6.92. The van der Waals surface area contributed by atoms with Crippen molar-refractivity contribution in [1.82, 2.24) is 0 Å². The summed E-state index contributed by atoms with van der Waals surface area (Å²) in [7, 11) is 0. The molecular formula is C15H20BrN3. The van der Waals surface area contributed by atoms with E-state index in [-0.39, 0.29) is 17.0 Å². The van der Waals surface area contributed by atoms with Crippen LogP contribution in [0.4, 0.5) is 5.69 Å². The number of benzene rings is 1. The molecule has 0 aromatic heterocycles. The molecule has 2 aliphatic rings. The Kier molecular flexibility index (Phi) is 4.49. The van der Waals surface area contributed by atoms with Crippen LogP contribution in [-0.4, -0.2) is 43.8 Å². The van der Waals surface area contributed by atoms with E-state index in [9.17, 15) is 0 Å². The highest BCUT2D eigenvalue weighted by molar-refractivity contribution is 5.51. The summed E-state index contributed by atoms with van der Waals surface area (Å²) in [6.07, 6.45) is 2.81. The molecule has 0 atom stereocenters. The number of hydrogen-bond acceptors (Lipinski definition) is 2. The zero-order valence-electron chi connectivity index (χ0n) is 11.2. The molecule has 2 saturated heterocycles. The van der Waals surface area contributed by atoms with E-state index >= 15 is 0 Å². The number of quaternary nitrogens is 1. The Morgan fingerprint density at radius 2 is 1.74 bits per heavy atom. The van der Waals surface area contributed by atoms with Gasteiger partial charge in [-0.1, -0.05) is 6.07 Å². The molecule has 0 N–H and O–H groups in total. The largest absolute Gasteiger partial charge is 1.00 e. The maximum Gasteiger partial charge on any atom is 0.0992 e. The Morgan fingerprint density at radius 1 is 1.05 bits per heavy atom. The number of piperazine rings is 1. The van der Waals surface area contributed by atoms with E-state index in [0.717, 1.165) is 18.7 Å². The average Bonchev–Trinajstić information content (AvgIpc) is 2.88. The smallest absolute Gasteiger partial charge is 0.0992 e. The third kappa shape index (κ3) is 2.93. The second-order valence-electron chi connectivity index (χ2n) is 5.59. The van der Waals surface area contributed by atoms with E-state index < -0.39 is 0 Å². The monoisotopic (exact) mass is 321 g/mol. The van der Waals surface area contributed by atoms with Crippen molar-refractivity contribution in [2.75, 3.05) is 44.2 Å². The fourth-order valence-corrected chi connectivity index (χ4v) is 3.37. The first kappa shape index (κ1) is 14.4. The molecule has 0 aliphatic carbocycles. The summed E-state index contributed by atoms with van der Waals surface area (Å²) < 4.78 is 1.34. The lowest BCUT2D eigenvalue weighted by Gasteiger charge is -2.42. The summed E-state index contributed by atoms with van der Waals surface area (Å²) >= 11 is 0. The molecule has 1 aromatic rings. The molecule has 2 aliphatic heterocycles. The molecule has 0 bridgehead atoms. The van der Waals surface area contributed by atoms with Gasteiger partial charge < -0.3 is 26.4 Å². The van der Waals surface area contributed by atoms with Gasteiger partial charge in [-0.15, -0.1) is 0 Å². The summed E-state index contributed by atoms with van der Waals surface area (Å²) in [5.41, 5.74) is 1.98. The van der Waals surface area contributed by atoms with E-state index in [0.29, 0.717) is 0 Å². The fraction of sp³-hybridized carbons (Fsp3) is 0.533. The zero-order valence-corrected chi connectivity index (χ0v) is 12.8. The second-order valence-corrected chi connectivity index (χ2v) is 5.59. The van der Waals surface area contributed by atoms with Crippen molar-refractivity contribution in [3.8, 4) is 6.07 Å². The molecule has 1 aromatic carbocycles. The van der Waals surface area contributed by atoms with E-state index in [1.54, 1.807) is 0 Å². The van der Waals surface area contributed by atoms with Crippen LogP contribution in [0.3, 0.4) is 0 Å². The summed E-state index contributed by atoms with van der Waals surface area (Å²) in [5, 5.41) is 8.96. The van der Waals surface area contributed by atoms with Gasteiger partial charge in [0.2, 0.25) is 0 Å². The van der Waals surface area contributed by atoms with Crippen molar-refractivity contribution in [2.24, 2.45) is 0 Å². The minimum absolute atomic E-state index is 0. The second kappa shape index (κ2) is 5.94. The molecule has 1 spiro atoms. The van der Waals surface area contributed by atoms with Crippen molar-refractivity contribution in [3.63, 3.8) is 0 Å². The van der Waals surface area contributed by atoms with Gasteiger partial charge >= 0.3 is 0 Å². The maximum absolute atomic E-state index is 8.96. The van der Waals surface area contributed by atoms with E-state index in [1.165, 1.54) is 49.2 Å². The third-order valence-corrected chi connectivity index (χ3v) is 4.54. The standard InChI is InChI=1S/C15H20N3.BrH/c16-13-14-4-3-5-15(12-14)17-6-10-18(11-7-17)8-1-2-9-18;/h3-5,12H,1-2,6-11H2;1H/q+1;/p-1. The predicted octanol–water partition coefficient (Wildman–Crippen LogP) is -1.01. The predicted molar refractivity (Wildman–Crippen MR) is 72.3 cm³/mol. The molecule has 3 nitrogen and oxygen atoms in total. The molecule has 0 unspecified atom stereocenters. The molecular weight excluding hydrogens is 302 g/mol. The van der Waals surface area contributed by atoms with E-state index in [1.807, 2.05) is 18.2 Å². The van der Waals surface area contributed by atoms with Crippen molar-refractivity contribution in [1.29, 1.82) is 5.26 Å². The lowest BCUT2D eigenvalue weighted by molar-refractivity contribution is -0.917. The molecule has 3 rings (SSSR count). The molecule has 19 heavy (non-hydrogen) atoms. The first-order chi connectivity index (χ1) is 8.81. The summed E-state index contributed by atoms with van der Waals surface area (Å²) in [4.78, 5) is 2.43. The number of nitrogens with zero attached hydrogens (tertiary/aromatic N) is 3. The van der Waals surface area contributed by atoms with Gasteiger partial charge in [-0.3, -0.25) is 0 Å². The van der Waals surface area contributed by atoms with Gasteiger partial charge in [-0.05, 0) is 18.2 Å². The van der Waals surface area contributed by atoms with Gasteiger partial charge in [0, 0.05) is 18.5 Å². The first-order valence-electron chi connectivity index (χ1n) is 6.92. The normalized spacial score (nSPS) is 20.9. The van der Waals surface area contributed by atoms with Crippen LogP contribution in [0.5, 0.6) is 0 Å². The van der Waals surface area contributed by atoms with Gasteiger partial charge in [0.05, 0.1) is 50.9 Å². The highest BCUT2D eigenvalue weighted by Gasteiger charge is 2.35. The molecule has 102 valence electrons. The highest BCUT2D eigenvalue weighted by atomic mass is 79.9. The Bertz CT molecular complexity index is 465. The van der Waals surface area contributed by atoms with Gasteiger partial charge in [0.25, 0.3) is 0 Å². The van der Waals surface area contributed by atoms with Crippen LogP contribution in [0.25, 0.3) is 0 Å². The molecule has 4 heteroatoms. The van der Waals surface area contributed by atoms with Crippen LogP contribution in [0.15, 0.2) is 24.3 Å². The molecule has 2 heterocycles. The Morgan fingerprint density at radius 3 is 2.37 bits per heavy atom. The Hall–Kier alpha value is -1.05. The van der Waals surface area contributed by atoms with Crippen LogP contribution < -0.4 is 21.9 Å². The van der Waals surface area contributed by atoms with Crippen LogP contribution >= 0.6 is 0 Å². The molecule has 0 amide bonds. The van der Waals surface area contributed by atoms with Crippen LogP contribution in [-0.2, 0) is 0 Å². The van der Waals surface area contributed by atoms with Gasteiger partial charge in [-0.2, -0.15) is 5.26 Å². The minimum atomic E-state index is 0. The average molecular weight is 322 g/mol. The lowest BCUT2D eigenvalue weighted by atomic mass is 10.1. The maximum atomic E-state index is 8.96. The van der Waals surface area contributed by atoms with Crippen molar-refractivity contribution in [3.05, 3.63) is 29.8 Å². The molecule has 0 radical (unpaired) electrons. The SMILES string of the molecule is N#Cc1cccc(N2CC[N+]3(CCCC3)CC2)c1.[Br-]. The van der Waals surface area contributed by atoms with Gasteiger partial charge in [0.1, 0.15) is 0 Å². The number of halogens is 1. The minimum Gasteiger partial charge on any atom is -1.00 e. The van der Waals surface area contributed by atoms with Crippen molar-refractivity contribution >= 4 is 5.69 Å². The Balaban J connectivity index is 0.00000133. The Labute approximate surface area is 125 Å². The topological polar surface area (TPSA) is 27.0 Å². The van der Waals surface area contributed by atoms with E-state index in [2.05, 4.69) is 17.0 Å². The number of rotatable bonds is 1. The fourth-order valence-electron chi connectivity index (χ4n) is 3.37. The number of hydrogen-bond donors (Lipinski definition) is 0.